The summed E-state index contributed by atoms with van der Waals surface area (Å²) in [5, 5.41) is 6.42. The summed E-state index contributed by atoms with van der Waals surface area (Å²) in [5.41, 5.74) is 2.48. The predicted molar refractivity (Wildman–Crippen MR) is 103 cm³/mol. The number of nitrogens with zero attached hydrogens (tertiary/aromatic N) is 1. The van der Waals surface area contributed by atoms with Crippen molar-refractivity contribution in [3.05, 3.63) is 66.4 Å². The van der Waals surface area contributed by atoms with Gasteiger partial charge in [0.15, 0.2) is 12.7 Å². The van der Waals surface area contributed by atoms with Gasteiger partial charge in [0.25, 0.3) is 11.8 Å². The summed E-state index contributed by atoms with van der Waals surface area (Å²) < 4.78 is 15.1. The van der Waals surface area contributed by atoms with Crippen LogP contribution in [0.1, 0.15) is 12.7 Å². The number of para-hydroxylation sites is 1. The fraction of sp³-hybridized carbons (Fsp3) is 0.190. The molecule has 0 spiro atoms. The zero-order valence-electron chi connectivity index (χ0n) is 15.5. The number of nitrogens with one attached hydrogen (secondary N) is 1. The quantitative estimate of drug-likeness (QED) is 0.630. The number of ether oxygens (including phenoxy) is 2. The Morgan fingerprint density at radius 2 is 1.82 bits per heavy atom. The molecule has 2 aromatic carbocycles. The molecule has 1 heterocycles. The van der Waals surface area contributed by atoms with Gasteiger partial charge in [-0.25, -0.2) is 4.79 Å². The zero-order valence-corrected chi connectivity index (χ0v) is 15.5. The van der Waals surface area contributed by atoms with Crippen LogP contribution in [0.25, 0.3) is 11.1 Å². The highest BCUT2D eigenvalue weighted by Gasteiger charge is 2.20. The van der Waals surface area contributed by atoms with E-state index in [9.17, 15) is 9.59 Å². The van der Waals surface area contributed by atoms with E-state index in [1.807, 2.05) is 48.5 Å². The van der Waals surface area contributed by atoms with Crippen molar-refractivity contribution in [2.75, 3.05) is 11.9 Å². The van der Waals surface area contributed by atoms with E-state index in [0.29, 0.717) is 11.4 Å². The lowest BCUT2D eigenvalue weighted by Crippen LogP contribution is -2.31. The van der Waals surface area contributed by atoms with Gasteiger partial charge in [-0.1, -0.05) is 48.5 Å². The number of esters is 1. The van der Waals surface area contributed by atoms with E-state index >= 15 is 0 Å². The number of aromatic nitrogens is 1. The number of hydrogen-bond donors (Lipinski definition) is 1. The lowest BCUT2D eigenvalue weighted by atomic mass is 10.0. The lowest BCUT2D eigenvalue weighted by molar-refractivity contribution is -0.155. The van der Waals surface area contributed by atoms with Gasteiger partial charge in [-0.2, -0.15) is 0 Å². The first-order valence-corrected chi connectivity index (χ1v) is 8.74. The van der Waals surface area contributed by atoms with Gasteiger partial charge >= 0.3 is 5.97 Å². The molecule has 1 atom stereocenters. The maximum Gasteiger partial charge on any atom is 0.345 e. The number of aryl methyl sites for hydroxylation is 1. The van der Waals surface area contributed by atoms with Crippen LogP contribution in [0.3, 0.4) is 0 Å². The van der Waals surface area contributed by atoms with Crippen LogP contribution in [0.15, 0.2) is 65.2 Å². The zero-order chi connectivity index (χ0) is 19.9. The second-order valence-electron chi connectivity index (χ2n) is 6.10. The maximum absolute atomic E-state index is 12.5. The van der Waals surface area contributed by atoms with Crippen LogP contribution in [-0.4, -0.2) is 29.7 Å². The molecule has 0 saturated heterocycles. The third-order valence-corrected chi connectivity index (χ3v) is 3.89. The number of carbonyl (C=O) groups excluding carboxylic acids is 2. The second kappa shape index (κ2) is 8.85. The summed E-state index contributed by atoms with van der Waals surface area (Å²) in [6.07, 6.45) is -0.987. The Kier molecular flexibility index (Phi) is 6.06. The number of carbonyl (C=O) groups is 2. The van der Waals surface area contributed by atoms with Gasteiger partial charge in [0.2, 0.25) is 0 Å². The Bertz CT molecular complexity index is 952. The normalized spacial score (nSPS) is 11.5. The van der Waals surface area contributed by atoms with E-state index in [-0.39, 0.29) is 12.5 Å². The van der Waals surface area contributed by atoms with Gasteiger partial charge in [0, 0.05) is 17.3 Å². The predicted octanol–water partition coefficient (Wildman–Crippen LogP) is 3.60. The van der Waals surface area contributed by atoms with E-state index < -0.39 is 18.0 Å². The minimum Gasteiger partial charge on any atom is -0.463 e. The van der Waals surface area contributed by atoms with E-state index in [4.69, 9.17) is 14.0 Å². The molecule has 1 aromatic heterocycles. The average Bonchev–Trinajstić information content (AvgIpc) is 3.12. The minimum atomic E-state index is -0.987. The minimum absolute atomic E-state index is 0.184. The monoisotopic (exact) mass is 380 g/mol. The molecular formula is C21H20N2O5. The van der Waals surface area contributed by atoms with Crippen LogP contribution in [-0.2, 0) is 14.3 Å². The molecule has 0 saturated carbocycles. The largest absolute Gasteiger partial charge is 0.463 e. The second-order valence-corrected chi connectivity index (χ2v) is 6.10. The highest BCUT2D eigenvalue weighted by molar-refractivity contribution is 5.98. The summed E-state index contributed by atoms with van der Waals surface area (Å²) >= 11 is 0. The SMILES string of the molecule is Cc1cc(OCC(=O)O[C@H](C)C(=O)Nc2ccccc2-c2ccccc2)no1. The molecule has 3 rings (SSSR count). The standard InChI is InChI=1S/C21H20N2O5/c1-14-12-19(23-28-14)26-13-20(24)27-15(2)21(25)22-18-11-7-6-10-17(18)16-8-4-3-5-9-16/h3-12,15H,13H2,1-2H3,(H,22,25)/t15-/m1/s1. The first-order valence-electron chi connectivity index (χ1n) is 8.74. The van der Waals surface area contributed by atoms with Crippen molar-refractivity contribution in [1.82, 2.24) is 5.16 Å². The fourth-order valence-electron chi connectivity index (χ4n) is 2.53. The molecule has 7 nitrogen and oxygen atoms in total. The van der Waals surface area contributed by atoms with Crippen LogP contribution in [0.5, 0.6) is 5.88 Å². The van der Waals surface area contributed by atoms with Gasteiger partial charge in [-0.05, 0) is 30.6 Å². The first kappa shape index (κ1) is 19.2. The first-order chi connectivity index (χ1) is 13.5. The molecule has 3 aromatic rings. The highest BCUT2D eigenvalue weighted by atomic mass is 16.6. The summed E-state index contributed by atoms with van der Waals surface area (Å²) in [6, 6.07) is 18.7. The molecule has 0 bridgehead atoms. The summed E-state index contributed by atoms with van der Waals surface area (Å²) in [5.74, 6) is -0.370. The molecule has 0 fully saturated rings. The van der Waals surface area contributed by atoms with Crippen LogP contribution < -0.4 is 10.1 Å². The van der Waals surface area contributed by atoms with Crippen LogP contribution in [0.4, 0.5) is 5.69 Å². The molecule has 1 N–H and O–H groups in total. The van der Waals surface area contributed by atoms with Crippen molar-refractivity contribution >= 4 is 17.6 Å². The number of benzene rings is 2. The summed E-state index contributed by atoms with van der Waals surface area (Å²) in [7, 11) is 0. The Balaban J connectivity index is 1.58. The van der Waals surface area contributed by atoms with Crippen molar-refractivity contribution in [3.8, 4) is 17.0 Å². The Labute approximate surface area is 162 Å². The van der Waals surface area contributed by atoms with Gasteiger partial charge in [-0.3, -0.25) is 4.79 Å². The maximum atomic E-state index is 12.5. The van der Waals surface area contributed by atoms with Crippen LogP contribution in [0, 0.1) is 6.92 Å². The third-order valence-electron chi connectivity index (χ3n) is 3.89. The summed E-state index contributed by atoms with van der Waals surface area (Å²) in [6.45, 7) is 2.83. The number of anilines is 1. The van der Waals surface area contributed by atoms with E-state index in [1.165, 1.54) is 6.92 Å². The molecular weight excluding hydrogens is 360 g/mol. The van der Waals surface area contributed by atoms with Gasteiger partial charge < -0.3 is 19.3 Å². The average molecular weight is 380 g/mol. The number of hydrogen-bond acceptors (Lipinski definition) is 6. The van der Waals surface area contributed by atoms with E-state index in [0.717, 1.165) is 11.1 Å². The molecule has 0 unspecified atom stereocenters. The lowest BCUT2D eigenvalue weighted by Gasteiger charge is -2.15. The Hall–Kier alpha value is -3.61. The molecule has 0 aliphatic carbocycles. The Morgan fingerprint density at radius 1 is 1.11 bits per heavy atom. The summed E-state index contributed by atoms with van der Waals surface area (Å²) in [4.78, 5) is 24.3. The van der Waals surface area contributed by atoms with Crippen LogP contribution >= 0.6 is 0 Å². The van der Waals surface area contributed by atoms with Crippen molar-refractivity contribution in [2.24, 2.45) is 0 Å². The van der Waals surface area contributed by atoms with Gasteiger partial charge in [0.05, 0.1) is 0 Å². The van der Waals surface area contributed by atoms with Gasteiger partial charge in [-0.15, -0.1) is 0 Å². The molecule has 7 heteroatoms. The number of amides is 1. The molecule has 0 aliphatic heterocycles. The van der Waals surface area contributed by atoms with E-state index in [2.05, 4.69) is 10.5 Å². The molecule has 1 amide bonds. The van der Waals surface area contributed by atoms with E-state index in [1.54, 1.807) is 19.1 Å². The van der Waals surface area contributed by atoms with Crippen LogP contribution in [0.2, 0.25) is 0 Å². The van der Waals surface area contributed by atoms with Crippen molar-refractivity contribution < 1.29 is 23.6 Å². The molecule has 0 aliphatic rings. The van der Waals surface area contributed by atoms with Crippen molar-refractivity contribution in [1.29, 1.82) is 0 Å². The topological polar surface area (TPSA) is 90.7 Å². The van der Waals surface area contributed by atoms with Crippen molar-refractivity contribution in [3.63, 3.8) is 0 Å². The molecule has 0 radical (unpaired) electrons. The third kappa shape index (κ3) is 4.97. The highest BCUT2D eigenvalue weighted by Crippen LogP contribution is 2.27. The fourth-order valence-corrected chi connectivity index (χ4v) is 2.53. The number of rotatable bonds is 7. The Morgan fingerprint density at radius 3 is 2.54 bits per heavy atom. The smallest absolute Gasteiger partial charge is 0.345 e. The molecule has 28 heavy (non-hydrogen) atoms. The molecule has 144 valence electrons. The van der Waals surface area contributed by atoms with Gasteiger partial charge in [0.1, 0.15) is 5.76 Å². The van der Waals surface area contributed by atoms with Crippen molar-refractivity contribution in [2.45, 2.75) is 20.0 Å².